The van der Waals surface area contributed by atoms with Gasteiger partial charge in [0, 0.05) is 19.1 Å². The Kier molecular flexibility index (Phi) is 4.16. The molecule has 1 aliphatic heterocycles. The SMILES string of the molecule is CC(C)N=C(NN)N1CCOC(C)C1. The van der Waals surface area contributed by atoms with Crippen LogP contribution in [0.3, 0.4) is 0 Å². The van der Waals surface area contributed by atoms with Gasteiger partial charge in [-0.25, -0.2) is 10.8 Å². The van der Waals surface area contributed by atoms with Crippen molar-refractivity contribution in [2.45, 2.75) is 32.9 Å². The number of nitrogens with zero attached hydrogens (tertiary/aromatic N) is 2. The first kappa shape index (κ1) is 11.3. The van der Waals surface area contributed by atoms with Crippen LogP contribution in [0.25, 0.3) is 0 Å². The molecular weight excluding hydrogens is 180 g/mol. The predicted molar refractivity (Wildman–Crippen MR) is 56.9 cm³/mol. The Labute approximate surface area is 85.3 Å². The molecule has 0 saturated carbocycles. The van der Waals surface area contributed by atoms with Crippen LogP contribution in [0.1, 0.15) is 20.8 Å². The summed E-state index contributed by atoms with van der Waals surface area (Å²) in [6.07, 6.45) is 0.245. The summed E-state index contributed by atoms with van der Waals surface area (Å²) in [7, 11) is 0. The molecule has 82 valence electrons. The van der Waals surface area contributed by atoms with Crippen molar-refractivity contribution >= 4 is 5.96 Å². The summed E-state index contributed by atoms with van der Waals surface area (Å²) in [6, 6.07) is 0.249. The van der Waals surface area contributed by atoms with Crippen LogP contribution in [0.15, 0.2) is 4.99 Å². The van der Waals surface area contributed by atoms with Gasteiger partial charge in [0.05, 0.1) is 12.7 Å². The van der Waals surface area contributed by atoms with E-state index in [0.29, 0.717) is 0 Å². The highest BCUT2D eigenvalue weighted by Crippen LogP contribution is 2.04. The molecule has 5 nitrogen and oxygen atoms in total. The predicted octanol–water partition coefficient (Wildman–Crippen LogP) is -0.0652. The van der Waals surface area contributed by atoms with Crippen LogP contribution in [-0.4, -0.2) is 42.7 Å². The van der Waals surface area contributed by atoms with Gasteiger partial charge >= 0.3 is 0 Å². The third kappa shape index (κ3) is 3.16. The van der Waals surface area contributed by atoms with Crippen molar-refractivity contribution in [1.29, 1.82) is 0 Å². The molecule has 0 aromatic carbocycles. The summed E-state index contributed by atoms with van der Waals surface area (Å²) in [4.78, 5) is 6.52. The molecule has 1 fully saturated rings. The van der Waals surface area contributed by atoms with E-state index in [4.69, 9.17) is 10.6 Å². The zero-order valence-corrected chi connectivity index (χ0v) is 9.16. The summed E-state index contributed by atoms with van der Waals surface area (Å²) in [6.45, 7) is 8.54. The summed E-state index contributed by atoms with van der Waals surface area (Å²) < 4.78 is 5.44. The molecule has 1 unspecified atom stereocenters. The standard InChI is InChI=1S/C9H20N4O/c1-7(2)11-9(12-10)13-4-5-14-8(3)6-13/h7-8H,4-6,10H2,1-3H3,(H,11,12). The molecule has 0 aromatic rings. The van der Waals surface area contributed by atoms with Crippen molar-refractivity contribution in [2.24, 2.45) is 10.8 Å². The number of aliphatic imine (C=N–C) groups is 1. The molecule has 0 bridgehead atoms. The summed E-state index contributed by atoms with van der Waals surface area (Å²) in [5.74, 6) is 6.19. The van der Waals surface area contributed by atoms with E-state index in [0.717, 1.165) is 25.7 Å². The topological polar surface area (TPSA) is 62.9 Å². The Morgan fingerprint density at radius 3 is 2.86 bits per heavy atom. The molecular formula is C9H20N4O. The van der Waals surface area contributed by atoms with Gasteiger partial charge in [0.1, 0.15) is 0 Å². The number of rotatable bonds is 1. The van der Waals surface area contributed by atoms with Crippen LogP contribution in [0.5, 0.6) is 0 Å². The summed E-state index contributed by atoms with van der Waals surface area (Å²) in [5.41, 5.74) is 2.64. The van der Waals surface area contributed by atoms with Crippen molar-refractivity contribution in [3.63, 3.8) is 0 Å². The van der Waals surface area contributed by atoms with Gasteiger partial charge in [0.15, 0.2) is 0 Å². The lowest BCUT2D eigenvalue weighted by molar-refractivity contribution is 0.00452. The molecule has 5 heteroatoms. The van der Waals surface area contributed by atoms with Crippen molar-refractivity contribution in [3.05, 3.63) is 0 Å². The van der Waals surface area contributed by atoms with Gasteiger partial charge in [-0.2, -0.15) is 0 Å². The van der Waals surface area contributed by atoms with Gasteiger partial charge in [0.25, 0.3) is 0 Å². The largest absolute Gasteiger partial charge is 0.375 e. The first-order chi connectivity index (χ1) is 6.63. The molecule has 1 aliphatic rings. The van der Waals surface area contributed by atoms with Crippen molar-refractivity contribution < 1.29 is 4.74 Å². The fraction of sp³-hybridized carbons (Fsp3) is 0.889. The Morgan fingerprint density at radius 2 is 2.36 bits per heavy atom. The van der Waals surface area contributed by atoms with Crippen LogP contribution < -0.4 is 11.3 Å². The smallest absolute Gasteiger partial charge is 0.208 e. The zero-order chi connectivity index (χ0) is 10.6. The second-order valence-electron chi connectivity index (χ2n) is 3.82. The minimum absolute atomic E-state index is 0.245. The molecule has 1 atom stereocenters. The molecule has 1 rings (SSSR count). The second-order valence-corrected chi connectivity index (χ2v) is 3.82. The molecule has 0 radical (unpaired) electrons. The van der Waals surface area contributed by atoms with Crippen LogP contribution in [0.2, 0.25) is 0 Å². The molecule has 14 heavy (non-hydrogen) atoms. The highest BCUT2D eigenvalue weighted by atomic mass is 16.5. The minimum atomic E-state index is 0.245. The average molecular weight is 200 g/mol. The number of hydrazine groups is 1. The van der Waals surface area contributed by atoms with Crippen molar-refractivity contribution in [2.75, 3.05) is 19.7 Å². The number of hydrogen-bond donors (Lipinski definition) is 2. The Morgan fingerprint density at radius 1 is 1.64 bits per heavy atom. The molecule has 0 aromatic heterocycles. The van der Waals surface area contributed by atoms with Crippen LogP contribution in [0.4, 0.5) is 0 Å². The van der Waals surface area contributed by atoms with E-state index < -0.39 is 0 Å². The molecule has 1 saturated heterocycles. The van der Waals surface area contributed by atoms with E-state index >= 15 is 0 Å². The normalized spacial score (nSPS) is 24.2. The quantitative estimate of drug-likeness (QED) is 0.269. The van der Waals surface area contributed by atoms with E-state index in [2.05, 4.69) is 22.2 Å². The summed E-state index contributed by atoms with van der Waals surface area (Å²) >= 11 is 0. The highest BCUT2D eigenvalue weighted by molar-refractivity contribution is 5.79. The fourth-order valence-corrected chi connectivity index (χ4v) is 1.47. The zero-order valence-electron chi connectivity index (χ0n) is 9.16. The minimum Gasteiger partial charge on any atom is -0.375 e. The lowest BCUT2D eigenvalue weighted by Crippen LogP contribution is -2.52. The fourth-order valence-electron chi connectivity index (χ4n) is 1.47. The van der Waals surface area contributed by atoms with Gasteiger partial charge in [0.2, 0.25) is 5.96 Å². The van der Waals surface area contributed by atoms with Crippen LogP contribution in [-0.2, 0) is 4.74 Å². The van der Waals surface area contributed by atoms with Crippen LogP contribution in [0, 0.1) is 0 Å². The number of guanidine groups is 1. The summed E-state index contributed by atoms with van der Waals surface area (Å²) in [5, 5.41) is 0. The maximum atomic E-state index is 5.44. The van der Waals surface area contributed by atoms with Gasteiger partial charge in [-0.1, -0.05) is 0 Å². The number of nitrogens with one attached hydrogen (secondary N) is 1. The average Bonchev–Trinajstić information content (AvgIpc) is 2.14. The third-order valence-corrected chi connectivity index (χ3v) is 2.05. The molecule has 0 spiro atoms. The molecule has 0 amide bonds. The molecule has 0 aliphatic carbocycles. The van der Waals surface area contributed by atoms with E-state index in [9.17, 15) is 0 Å². The maximum absolute atomic E-state index is 5.44. The lowest BCUT2D eigenvalue weighted by Gasteiger charge is -2.33. The maximum Gasteiger partial charge on any atom is 0.208 e. The Balaban J connectivity index is 2.59. The first-order valence-electron chi connectivity index (χ1n) is 5.04. The Hall–Kier alpha value is -0.810. The monoisotopic (exact) mass is 200 g/mol. The number of morpholine rings is 1. The van der Waals surface area contributed by atoms with E-state index in [1.807, 2.05) is 13.8 Å². The van der Waals surface area contributed by atoms with Gasteiger partial charge in [-0.15, -0.1) is 0 Å². The second kappa shape index (κ2) is 5.17. The molecule has 1 heterocycles. The lowest BCUT2D eigenvalue weighted by atomic mass is 10.3. The number of ether oxygens (including phenoxy) is 1. The van der Waals surface area contributed by atoms with Crippen LogP contribution >= 0.6 is 0 Å². The number of hydrogen-bond acceptors (Lipinski definition) is 3. The first-order valence-corrected chi connectivity index (χ1v) is 5.04. The van der Waals surface area contributed by atoms with E-state index in [1.165, 1.54) is 0 Å². The van der Waals surface area contributed by atoms with Gasteiger partial charge in [-0.05, 0) is 20.8 Å². The highest BCUT2D eigenvalue weighted by Gasteiger charge is 2.19. The van der Waals surface area contributed by atoms with E-state index in [-0.39, 0.29) is 12.1 Å². The van der Waals surface area contributed by atoms with Gasteiger partial charge < -0.3 is 9.64 Å². The van der Waals surface area contributed by atoms with E-state index in [1.54, 1.807) is 0 Å². The Bertz CT molecular complexity index is 205. The number of nitrogens with two attached hydrogens (primary N) is 1. The van der Waals surface area contributed by atoms with Crippen molar-refractivity contribution in [1.82, 2.24) is 10.3 Å². The van der Waals surface area contributed by atoms with Gasteiger partial charge in [-0.3, -0.25) is 5.43 Å². The molecule has 3 N–H and O–H groups in total. The van der Waals surface area contributed by atoms with Crippen molar-refractivity contribution in [3.8, 4) is 0 Å². The third-order valence-electron chi connectivity index (χ3n) is 2.05.